The number of nitrogens with one attached hydrogen (secondary N) is 1. The highest BCUT2D eigenvalue weighted by atomic mass is 35.5. The number of aromatic nitrogens is 2. The Morgan fingerprint density at radius 2 is 2.08 bits per heavy atom. The second-order valence-electron chi connectivity index (χ2n) is 6.53. The molecule has 138 valence electrons. The summed E-state index contributed by atoms with van der Waals surface area (Å²) in [5.41, 5.74) is 1.36. The summed E-state index contributed by atoms with van der Waals surface area (Å²) >= 11 is 5.90. The van der Waals surface area contributed by atoms with E-state index in [9.17, 15) is 9.59 Å². The number of carbonyl (C=O) groups is 2. The summed E-state index contributed by atoms with van der Waals surface area (Å²) in [6.07, 6.45) is 5.85. The van der Waals surface area contributed by atoms with E-state index in [2.05, 4.69) is 10.4 Å². The molecule has 1 aliphatic rings. The third kappa shape index (κ3) is 4.25. The van der Waals surface area contributed by atoms with Gasteiger partial charge in [-0.15, -0.1) is 0 Å². The van der Waals surface area contributed by atoms with E-state index >= 15 is 0 Å². The van der Waals surface area contributed by atoms with Crippen LogP contribution < -0.4 is 5.32 Å². The molecule has 1 saturated heterocycles. The van der Waals surface area contributed by atoms with Crippen molar-refractivity contribution in [2.45, 2.75) is 26.2 Å². The van der Waals surface area contributed by atoms with Crippen molar-refractivity contribution in [1.82, 2.24) is 20.0 Å². The fraction of sp³-hybridized carbons (Fsp3) is 0.421. The van der Waals surface area contributed by atoms with E-state index in [1.54, 1.807) is 34.1 Å². The number of amides is 2. The molecule has 2 amide bonds. The normalized spacial score (nSPS) is 17.2. The largest absolute Gasteiger partial charge is 0.356 e. The molecule has 0 bridgehead atoms. The van der Waals surface area contributed by atoms with E-state index < -0.39 is 0 Å². The molecule has 1 aliphatic heterocycles. The van der Waals surface area contributed by atoms with Gasteiger partial charge in [-0.3, -0.25) is 9.59 Å². The highest BCUT2D eigenvalue weighted by Gasteiger charge is 2.29. The third-order valence-corrected chi connectivity index (χ3v) is 4.80. The Kier molecular flexibility index (Phi) is 5.93. The molecule has 1 fully saturated rings. The fourth-order valence-electron chi connectivity index (χ4n) is 3.12. The number of carbonyl (C=O) groups excluding carboxylic acids is 2. The Bertz CT molecular complexity index is 772. The van der Waals surface area contributed by atoms with Crippen molar-refractivity contribution in [1.29, 1.82) is 0 Å². The molecule has 0 saturated carbocycles. The first kappa shape index (κ1) is 18.5. The molecular formula is C19H23ClN4O2. The topological polar surface area (TPSA) is 67.2 Å². The summed E-state index contributed by atoms with van der Waals surface area (Å²) in [7, 11) is 0. The van der Waals surface area contributed by atoms with E-state index in [1.165, 1.54) is 0 Å². The van der Waals surface area contributed by atoms with Gasteiger partial charge in [-0.2, -0.15) is 5.10 Å². The van der Waals surface area contributed by atoms with Crippen LogP contribution in [0.2, 0.25) is 5.02 Å². The summed E-state index contributed by atoms with van der Waals surface area (Å²) in [5, 5.41) is 7.85. The minimum atomic E-state index is -0.134. The molecule has 7 heteroatoms. The lowest BCUT2D eigenvalue weighted by molar-refractivity contribution is -0.126. The monoisotopic (exact) mass is 374 g/mol. The zero-order valence-electron chi connectivity index (χ0n) is 14.8. The minimum Gasteiger partial charge on any atom is -0.356 e. The highest BCUT2D eigenvalue weighted by molar-refractivity contribution is 6.30. The molecule has 1 aromatic heterocycles. The van der Waals surface area contributed by atoms with Gasteiger partial charge in [0.15, 0.2) is 0 Å². The van der Waals surface area contributed by atoms with Crippen molar-refractivity contribution in [2.75, 3.05) is 19.6 Å². The van der Waals surface area contributed by atoms with Crippen LogP contribution in [0, 0.1) is 5.92 Å². The number of halogens is 1. The maximum atomic E-state index is 12.8. The third-order valence-electron chi connectivity index (χ3n) is 4.55. The lowest BCUT2D eigenvalue weighted by Gasteiger charge is -2.31. The van der Waals surface area contributed by atoms with Crippen molar-refractivity contribution in [3.8, 4) is 5.69 Å². The molecule has 1 atom stereocenters. The standard InChI is InChI=1S/C19H23ClN4O2/c1-2-9-21-18(25)14-4-3-10-23(12-14)19(26)15-11-22-24(13-15)17-7-5-16(20)6-8-17/h5-8,11,13-14H,2-4,9-10,12H2,1H3,(H,21,25). The fourth-order valence-corrected chi connectivity index (χ4v) is 3.24. The van der Waals surface area contributed by atoms with Crippen molar-refractivity contribution in [3.05, 3.63) is 47.2 Å². The summed E-state index contributed by atoms with van der Waals surface area (Å²) in [6.45, 7) is 3.83. The highest BCUT2D eigenvalue weighted by Crippen LogP contribution is 2.20. The van der Waals surface area contributed by atoms with Crippen LogP contribution in [0.4, 0.5) is 0 Å². The summed E-state index contributed by atoms with van der Waals surface area (Å²) in [5.74, 6) is -0.176. The number of benzene rings is 1. The number of hydrogen-bond acceptors (Lipinski definition) is 3. The first-order valence-corrected chi connectivity index (χ1v) is 9.34. The van der Waals surface area contributed by atoms with E-state index in [-0.39, 0.29) is 17.7 Å². The predicted octanol–water partition coefficient (Wildman–Crippen LogP) is 2.90. The van der Waals surface area contributed by atoms with Gasteiger partial charge in [0.05, 0.1) is 23.4 Å². The van der Waals surface area contributed by atoms with Crippen LogP contribution in [0.25, 0.3) is 5.69 Å². The van der Waals surface area contributed by atoms with Crippen molar-refractivity contribution in [3.63, 3.8) is 0 Å². The first-order valence-electron chi connectivity index (χ1n) is 8.96. The van der Waals surface area contributed by atoms with Gasteiger partial charge in [-0.1, -0.05) is 18.5 Å². The molecule has 3 rings (SSSR count). The Balaban J connectivity index is 1.67. The summed E-state index contributed by atoms with van der Waals surface area (Å²) in [4.78, 5) is 26.8. The Morgan fingerprint density at radius 3 is 2.81 bits per heavy atom. The number of rotatable bonds is 5. The number of nitrogens with zero attached hydrogens (tertiary/aromatic N) is 3. The van der Waals surface area contributed by atoms with Crippen LogP contribution in [0.15, 0.2) is 36.7 Å². The van der Waals surface area contributed by atoms with Gasteiger partial charge in [0.25, 0.3) is 5.91 Å². The maximum Gasteiger partial charge on any atom is 0.257 e. The Morgan fingerprint density at radius 1 is 1.31 bits per heavy atom. The van der Waals surface area contributed by atoms with Crippen molar-refractivity contribution in [2.24, 2.45) is 5.92 Å². The van der Waals surface area contributed by atoms with Gasteiger partial charge in [0, 0.05) is 30.9 Å². The van der Waals surface area contributed by atoms with Crippen LogP contribution in [0.3, 0.4) is 0 Å². The molecule has 0 radical (unpaired) electrons. The summed E-state index contributed by atoms with van der Waals surface area (Å²) < 4.78 is 1.65. The van der Waals surface area contributed by atoms with Gasteiger partial charge in [0.2, 0.25) is 5.91 Å². The second kappa shape index (κ2) is 8.36. The van der Waals surface area contributed by atoms with Gasteiger partial charge >= 0.3 is 0 Å². The van der Waals surface area contributed by atoms with Crippen LogP contribution in [-0.4, -0.2) is 46.1 Å². The predicted molar refractivity (Wildman–Crippen MR) is 101 cm³/mol. The molecule has 26 heavy (non-hydrogen) atoms. The molecule has 0 aliphatic carbocycles. The zero-order chi connectivity index (χ0) is 18.5. The number of piperidine rings is 1. The summed E-state index contributed by atoms with van der Waals surface area (Å²) in [6, 6.07) is 7.26. The second-order valence-corrected chi connectivity index (χ2v) is 6.97. The van der Waals surface area contributed by atoms with Gasteiger partial charge < -0.3 is 10.2 Å². The van der Waals surface area contributed by atoms with Crippen LogP contribution >= 0.6 is 11.6 Å². The zero-order valence-corrected chi connectivity index (χ0v) is 15.6. The maximum absolute atomic E-state index is 12.8. The van der Waals surface area contributed by atoms with E-state index in [4.69, 9.17) is 11.6 Å². The van der Waals surface area contributed by atoms with Gasteiger partial charge in [-0.05, 0) is 43.5 Å². The smallest absolute Gasteiger partial charge is 0.257 e. The van der Waals surface area contributed by atoms with Crippen LogP contribution in [0.5, 0.6) is 0 Å². The Hall–Kier alpha value is -2.34. The van der Waals surface area contributed by atoms with Crippen molar-refractivity contribution < 1.29 is 9.59 Å². The average molecular weight is 375 g/mol. The van der Waals surface area contributed by atoms with Crippen LogP contribution in [0.1, 0.15) is 36.5 Å². The number of hydrogen-bond donors (Lipinski definition) is 1. The molecule has 1 N–H and O–H groups in total. The quantitative estimate of drug-likeness (QED) is 0.875. The lowest BCUT2D eigenvalue weighted by atomic mass is 9.96. The molecule has 2 heterocycles. The van der Waals surface area contributed by atoms with E-state index in [1.807, 2.05) is 19.1 Å². The molecule has 2 aromatic rings. The molecule has 1 aromatic carbocycles. The molecule has 1 unspecified atom stereocenters. The number of likely N-dealkylation sites (tertiary alicyclic amines) is 1. The van der Waals surface area contributed by atoms with Crippen molar-refractivity contribution >= 4 is 23.4 Å². The van der Waals surface area contributed by atoms with E-state index in [0.29, 0.717) is 30.2 Å². The Labute approximate surface area is 158 Å². The lowest BCUT2D eigenvalue weighted by Crippen LogP contribution is -2.45. The SMILES string of the molecule is CCCNC(=O)C1CCCN(C(=O)c2cnn(-c3ccc(Cl)cc3)c2)C1. The minimum absolute atomic E-state index is 0.0428. The van der Waals surface area contributed by atoms with E-state index in [0.717, 1.165) is 24.9 Å². The average Bonchev–Trinajstić information content (AvgIpc) is 3.16. The molecule has 6 nitrogen and oxygen atoms in total. The first-order chi connectivity index (χ1) is 12.6. The molecular weight excluding hydrogens is 352 g/mol. The van der Waals surface area contributed by atoms with Gasteiger partial charge in [-0.25, -0.2) is 4.68 Å². The van der Waals surface area contributed by atoms with Gasteiger partial charge in [0.1, 0.15) is 0 Å². The molecule has 0 spiro atoms. The van der Waals surface area contributed by atoms with Crippen LogP contribution in [-0.2, 0) is 4.79 Å².